The third-order valence-corrected chi connectivity index (χ3v) is 3.36. The zero-order valence-corrected chi connectivity index (χ0v) is 14.3. The van der Waals surface area contributed by atoms with Gasteiger partial charge in [0.1, 0.15) is 0 Å². The van der Waals surface area contributed by atoms with Crippen LogP contribution in [0, 0.1) is 0 Å². The van der Waals surface area contributed by atoms with E-state index in [-0.39, 0.29) is 0 Å². The Balaban J connectivity index is 3.71. The van der Waals surface area contributed by atoms with Gasteiger partial charge < -0.3 is 20.4 Å². The molecule has 0 aliphatic heterocycles. The highest BCUT2D eigenvalue weighted by Crippen LogP contribution is 2.08. The summed E-state index contributed by atoms with van der Waals surface area (Å²) in [6.07, 6.45) is 8.89. The first-order valence-corrected chi connectivity index (χ1v) is 8.21. The van der Waals surface area contributed by atoms with E-state index in [4.69, 9.17) is 20.4 Å². The normalized spacial score (nSPS) is 11.6. The average Bonchev–Trinajstić information content (AvgIpc) is 2.53. The van der Waals surface area contributed by atoms with Gasteiger partial charge in [-0.1, -0.05) is 25.7 Å². The van der Waals surface area contributed by atoms with Crippen LogP contribution < -0.4 is 0 Å². The highest BCUT2D eigenvalue weighted by Gasteiger charge is 2.24. The Labute approximate surface area is 150 Å². The summed E-state index contributed by atoms with van der Waals surface area (Å²) in [7, 11) is 0. The Morgan fingerprint density at radius 2 is 0.846 bits per heavy atom. The van der Waals surface area contributed by atoms with E-state index in [9.17, 15) is 19.2 Å². The maximum atomic E-state index is 10.6. The lowest BCUT2D eigenvalue weighted by Crippen LogP contribution is -2.27. The van der Waals surface area contributed by atoms with Crippen LogP contribution in [-0.2, 0) is 19.2 Å². The smallest absolute Gasteiger partial charge is 0.340 e. The SMILES string of the molecule is O=C(O)C(N=CCCCCCCCCC=NC(C(=O)O)C(=O)O)C(=O)O. The van der Waals surface area contributed by atoms with Gasteiger partial charge in [-0.05, 0) is 25.7 Å². The van der Waals surface area contributed by atoms with Crippen molar-refractivity contribution in [1.82, 2.24) is 0 Å². The molecule has 10 nitrogen and oxygen atoms in total. The Morgan fingerprint density at radius 3 is 1.12 bits per heavy atom. The Morgan fingerprint density at radius 1 is 0.577 bits per heavy atom. The molecule has 26 heavy (non-hydrogen) atoms. The van der Waals surface area contributed by atoms with Crippen molar-refractivity contribution < 1.29 is 39.6 Å². The van der Waals surface area contributed by atoms with E-state index in [2.05, 4.69) is 9.98 Å². The largest absolute Gasteiger partial charge is 0.479 e. The van der Waals surface area contributed by atoms with Gasteiger partial charge in [0.25, 0.3) is 0 Å². The first kappa shape index (κ1) is 23.2. The predicted molar refractivity (Wildman–Crippen MR) is 92.0 cm³/mol. The third kappa shape index (κ3) is 10.9. The molecule has 0 saturated carbocycles. The molecule has 0 heterocycles. The van der Waals surface area contributed by atoms with Crippen molar-refractivity contribution in [2.75, 3.05) is 0 Å². The molecule has 0 amide bonds. The van der Waals surface area contributed by atoms with Crippen molar-refractivity contribution >= 4 is 36.3 Å². The van der Waals surface area contributed by atoms with Gasteiger partial charge in [0.05, 0.1) is 0 Å². The molecule has 0 aliphatic carbocycles. The lowest BCUT2D eigenvalue weighted by molar-refractivity contribution is -0.151. The second-order valence-corrected chi connectivity index (χ2v) is 5.52. The molecule has 0 radical (unpaired) electrons. The van der Waals surface area contributed by atoms with Crippen LogP contribution in [0.4, 0.5) is 0 Å². The number of nitrogens with zero attached hydrogens (tertiary/aromatic N) is 2. The van der Waals surface area contributed by atoms with Crippen LogP contribution in [0.25, 0.3) is 0 Å². The van der Waals surface area contributed by atoms with Crippen LogP contribution >= 0.6 is 0 Å². The van der Waals surface area contributed by atoms with Gasteiger partial charge >= 0.3 is 23.9 Å². The van der Waals surface area contributed by atoms with Crippen molar-refractivity contribution in [3.05, 3.63) is 0 Å². The summed E-state index contributed by atoms with van der Waals surface area (Å²) in [4.78, 5) is 49.4. The molecule has 0 aromatic carbocycles. The van der Waals surface area contributed by atoms with Gasteiger partial charge in [0, 0.05) is 12.4 Å². The van der Waals surface area contributed by atoms with Crippen LogP contribution in [0.15, 0.2) is 9.98 Å². The van der Waals surface area contributed by atoms with Crippen molar-refractivity contribution in [2.24, 2.45) is 9.98 Å². The first-order chi connectivity index (χ1) is 12.3. The average molecular weight is 372 g/mol. The molecule has 0 unspecified atom stereocenters. The molecule has 0 spiro atoms. The van der Waals surface area contributed by atoms with Crippen LogP contribution in [0.1, 0.15) is 51.4 Å². The summed E-state index contributed by atoms with van der Waals surface area (Å²) in [6.45, 7) is 0. The van der Waals surface area contributed by atoms with Crippen LogP contribution in [0.2, 0.25) is 0 Å². The Bertz CT molecular complexity index is 468. The topological polar surface area (TPSA) is 174 Å². The number of rotatable bonds is 15. The summed E-state index contributed by atoms with van der Waals surface area (Å²) in [5, 5.41) is 34.5. The molecule has 0 atom stereocenters. The molecule has 0 fully saturated rings. The molecule has 0 aliphatic rings. The number of hydrogen-bond acceptors (Lipinski definition) is 6. The molecular weight excluding hydrogens is 348 g/mol. The molecule has 0 aromatic rings. The molecule has 146 valence electrons. The quantitative estimate of drug-likeness (QED) is 0.189. The summed E-state index contributed by atoms with van der Waals surface area (Å²) in [5.74, 6) is -5.96. The Kier molecular flexibility index (Phi) is 12.1. The van der Waals surface area contributed by atoms with Gasteiger partial charge in [-0.15, -0.1) is 0 Å². The number of carboxylic acids is 4. The lowest BCUT2D eigenvalue weighted by atomic mass is 10.1. The fourth-order valence-corrected chi connectivity index (χ4v) is 2.00. The highest BCUT2D eigenvalue weighted by molar-refractivity contribution is 5.99. The molecule has 10 heteroatoms. The van der Waals surface area contributed by atoms with E-state index in [0.717, 1.165) is 38.5 Å². The molecule has 4 N–H and O–H groups in total. The van der Waals surface area contributed by atoms with E-state index < -0.39 is 36.0 Å². The van der Waals surface area contributed by atoms with Crippen molar-refractivity contribution in [3.8, 4) is 0 Å². The van der Waals surface area contributed by atoms with E-state index in [0.29, 0.717) is 12.8 Å². The number of carboxylic acid groups (broad SMARTS) is 4. The summed E-state index contributed by atoms with van der Waals surface area (Å²) in [6, 6.07) is -3.50. The van der Waals surface area contributed by atoms with Crippen molar-refractivity contribution in [2.45, 2.75) is 63.5 Å². The summed E-state index contributed by atoms with van der Waals surface area (Å²) in [5.41, 5.74) is 0. The standard InChI is InChI=1S/C16H24N2O8/c19-13(20)11(14(21)22)17-9-7-5-3-1-2-4-6-8-10-18-12(15(23)24)16(25)26/h9-12H,1-8H2,(H,19,20)(H,21,22)(H,23,24)(H,25,26). The minimum atomic E-state index is -1.75. The van der Waals surface area contributed by atoms with Crippen molar-refractivity contribution in [1.29, 1.82) is 0 Å². The van der Waals surface area contributed by atoms with Crippen molar-refractivity contribution in [3.63, 3.8) is 0 Å². The number of aliphatic carboxylic acids is 4. The van der Waals surface area contributed by atoms with Gasteiger partial charge in [-0.2, -0.15) is 0 Å². The molecule has 0 rings (SSSR count). The molecule has 0 saturated heterocycles. The zero-order valence-electron chi connectivity index (χ0n) is 14.3. The second-order valence-electron chi connectivity index (χ2n) is 5.52. The van der Waals surface area contributed by atoms with Crippen LogP contribution in [0.3, 0.4) is 0 Å². The number of unbranched alkanes of at least 4 members (excludes halogenated alkanes) is 7. The predicted octanol–water partition coefficient (Wildman–Crippen LogP) is 1.32. The monoisotopic (exact) mass is 372 g/mol. The van der Waals surface area contributed by atoms with E-state index in [1.165, 1.54) is 12.4 Å². The zero-order chi connectivity index (χ0) is 19.9. The minimum Gasteiger partial charge on any atom is -0.479 e. The number of aliphatic imine (C=N–C) groups is 2. The van der Waals surface area contributed by atoms with E-state index in [1.807, 2.05) is 0 Å². The van der Waals surface area contributed by atoms with Gasteiger partial charge in [0.2, 0.25) is 12.1 Å². The van der Waals surface area contributed by atoms with Crippen LogP contribution in [-0.4, -0.2) is 68.8 Å². The molecular formula is C16H24N2O8. The number of carbonyl (C=O) groups is 4. The fourth-order valence-electron chi connectivity index (χ4n) is 2.00. The Hall–Kier alpha value is -2.78. The van der Waals surface area contributed by atoms with Crippen LogP contribution in [0.5, 0.6) is 0 Å². The summed E-state index contributed by atoms with van der Waals surface area (Å²) >= 11 is 0. The first-order valence-electron chi connectivity index (χ1n) is 8.21. The summed E-state index contributed by atoms with van der Waals surface area (Å²) < 4.78 is 0. The molecule has 0 aromatic heterocycles. The lowest BCUT2D eigenvalue weighted by Gasteiger charge is -2.02. The minimum absolute atomic E-state index is 0.509. The maximum Gasteiger partial charge on any atom is 0.340 e. The second kappa shape index (κ2) is 13.5. The van der Waals surface area contributed by atoms with Gasteiger partial charge in [-0.3, -0.25) is 9.98 Å². The van der Waals surface area contributed by atoms with E-state index >= 15 is 0 Å². The third-order valence-electron chi connectivity index (χ3n) is 3.36. The number of hydrogen-bond donors (Lipinski definition) is 4. The molecule has 0 bridgehead atoms. The maximum absolute atomic E-state index is 10.6. The van der Waals surface area contributed by atoms with E-state index in [1.54, 1.807) is 0 Å². The van der Waals surface area contributed by atoms with Gasteiger partial charge in [0.15, 0.2) is 0 Å². The van der Waals surface area contributed by atoms with Gasteiger partial charge in [-0.25, -0.2) is 19.2 Å². The highest BCUT2D eigenvalue weighted by atomic mass is 16.4. The fraction of sp³-hybridized carbons (Fsp3) is 0.625.